The van der Waals surface area contributed by atoms with Crippen LogP contribution >= 0.6 is 11.6 Å². The Hall–Kier alpha value is -4.87. The molecule has 54 heavy (non-hydrogen) atoms. The highest BCUT2D eigenvalue weighted by molar-refractivity contribution is 7.90. The second-order valence-corrected chi connectivity index (χ2v) is 16.1. The van der Waals surface area contributed by atoms with E-state index in [0.717, 1.165) is 79.8 Å². The van der Waals surface area contributed by atoms with Crippen LogP contribution in [0.15, 0.2) is 120 Å². The minimum atomic E-state index is -4.18. The number of benzene rings is 5. The number of amides is 1. The number of hydrogen-bond acceptors (Lipinski definition) is 8. The van der Waals surface area contributed by atoms with Gasteiger partial charge in [0.1, 0.15) is 11.5 Å². The molecule has 0 atom stereocenters. The number of nitrogens with zero attached hydrogens (tertiary/aromatic N) is 4. The van der Waals surface area contributed by atoms with Crippen LogP contribution in [-0.4, -0.2) is 84.5 Å². The molecule has 6 rings (SSSR count). The van der Waals surface area contributed by atoms with E-state index >= 15 is 0 Å². The smallest absolute Gasteiger partial charge is 0.268 e. The van der Waals surface area contributed by atoms with Crippen LogP contribution < -0.4 is 19.3 Å². The van der Waals surface area contributed by atoms with Gasteiger partial charge in [-0.15, -0.1) is 0 Å². The molecule has 11 heteroatoms. The van der Waals surface area contributed by atoms with E-state index in [-0.39, 0.29) is 16.2 Å². The third-order valence-electron chi connectivity index (χ3n) is 9.70. The molecule has 5 aromatic carbocycles. The van der Waals surface area contributed by atoms with Gasteiger partial charge in [0.25, 0.3) is 15.9 Å². The molecule has 5 aromatic rings. The van der Waals surface area contributed by atoms with Gasteiger partial charge in [-0.25, -0.2) is 13.1 Å². The first-order valence-electron chi connectivity index (χ1n) is 18.2. The summed E-state index contributed by atoms with van der Waals surface area (Å²) in [5.41, 5.74) is 6.35. The average molecular weight is 766 g/mol. The number of carbonyl (C=O) groups excluding carboxylic acids is 1. The standard InChI is InChI=1S/C43H48ClN5O4S/c1-32-29-38(20-22-41(32)47(4)24-10-23-46(2)3)54(51,52)45-43(50)40-21-19-36(30-42(40)53-37-12-6-5-7-13-37)49-27-25-48(26-28-49)31-34-11-8-9-14-39(34)33-15-17-35(44)18-16-33/h5-9,11-22,29-30H,10,23-28,31H2,1-4H3,(H,45,50). The number of anilines is 2. The first kappa shape index (κ1) is 38.8. The molecule has 1 amide bonds. The molecule has 9 nitrogen and oxygen atoms in total. The molecule has 1 saturated heterocycles. The maximum atomic E-state index is 13.7. The molecule has 1 aliphatic heterocycles. The van der Waals surface area contributed by atoms with Crippen molar-refractivity contribution in [3.63, 3.8) is 0 Å². The zero-order chi connectivity index (χ0) is 38.2. The van der Waals surface area contributed by atoms with Crippen LogP contribution in [0.3, 0.4) is 0 Å². The summed E-state index contributed by atoms with van der Waals surface area (Å²) in [4.78, 5) is 22.7. The Labute approximate surface area is 324 Å². The van der Waals surface area contributed by atoms with Gasteiger partial charge in [-0.3, -0.25) is 9.69 Å². The van der Waals surface area contributed by atoms with E-state index in [1.165, 1.54) is 11.1 Å². The second-order valence-electron chi connectivity index (χ2n) is 14.0. The van der Waals surface area contributed by atoms with Crippen molar-refractivity contribution in [3.05, 3.63) is 137 Å². The van der Waals surface area contributed by atoms with Crippen LogP contribution in [0.2, 0.25) is 5.02 Å². The van der Waals surface area contributed by atoms with Gasteiger partial charge in [0, 0.05) is 68.8 Å². The lowest BCUT2D eigenvalue weighted by Crippen LogP contribution is -2.46. The van der Waals surface area contributed by atoms with Gasteiger partial charge in [0.05, 0.1) is 10.5 Å². The topological polar surface area (TPSA) is 85.4 Å². The van der Waals surface area contributed by atoms with Crippen molar-refractivity contribution in [2.45, 2.75) is 24.8 Å². The van der Waals surface area contributed by atoms with Crippen molar-refractivity contribution in [2.24, 2.45) is 0 Å². The summed E-state index contributed by atoms with van der Waals surface area (Å²) in [7, 11) is 1.90. The fraction of sp³-hybridized carbons (Fsp3) is 0.279. The van der Waals surface area contributed by atoms with E-state index in [2.05, 4.69) is 60.7 Å². The number of piperazine rings is 1. The van der Waals surface area contributed by atoms with Gasteiger partial charge in [-0.05, 0) is 111 Å². The minimum Gasteiger partial charge on any atom is -0.456 e. The zero-order valence-corrected chi connectivity index (χ0v) is 32.9. The van der Waals surface area contributed by atoms with E-state index < -0.39 is 15.9 Å². The summed E-state index contributed by atoms with van der Waals surface area (Å²) >= 11 is 6.15. The molecule has 0 unspecified atom stereocenters. The molecule has 0 aliphatic carbocycles. The lowest BCUT2D eigenvalue weighted by molar-refractivity contribution is 0.0979. The predicted molar refractivity (Wildman–Crippen MR) is 220 cm³/mol. The Morgan fingerprint density at radius 1 is 0.815 bits per heavy atom. The van der Waals surface area contributed by atoms with Crippen LogP contribution in [-0.2, 0) is 16.6 Å². The molecule has 0 radical (unpaired) electrons. The molecule has 0 bridgehead atoms. The van der Waals surface area contributed by atoms with Gasteiger partial charge >= 0.3 is 0 Å². The molecule has 282 valence electrons. The van der Waals surface area contributed by atoms with Gasteiger partial charge in [0.2, 0.25) is 0 Å². The second kappa shape index (κ2) is 17.5. The normalized spacial score (nSPS) is 13.6. The Balaban J connectivity index is 1.16. The van der Waals surface area contributed by atoms with E-state index in [9.17, 15) is 13.2 Å². The maximum absolute atomic E-state index is 13.7. The van der Waals surface area contributed by atoms with E-state index in [1.807, 2.05) is 70.5 Å². The molecule has 0 aromatic heterocycles. The number of carbonyl (C=O) groups is 1. The summed E-state index contributed by atoms with van der Waals surface area (Å²) < 4.78 is 35.6. The van der Waals surface area contributed by atoms with Gasteiger partial charge in [0.15, 0.2) is 0 Å². The summed E-state index contributed by atoms with van der Waals surface area (Å²) in [6.45, 7) is 7.71. The van der Waals surface area contributed by atoms with Crippen molar-refractivity contribution in [1.29, 1.82) is 0 Å². The van der Waals surface area contributed by atoms with Crippen molar-refractivity contribution in [3.8, 4) is 22.6 Å². The fourth-order valence-electron chi connectivity index (χ4n) is 6.77. The third kappa shape index (κ3) is 9.81. The number of ether oxygens (including phenoxy) is 1. The molecule has 1 fully saturated rings. The van der Waals surface area contributed by atoms with Crippen molar-refractivity contribution in [1.82, 2.24) is 14.5 Å². The molecular weight excluding hydrogens is 718 g/mol. The van der Waals surface area contributed by atoms with Crippen molar-refractivity contribution in [2.75, 3.05) is 70.2 Å². The predicted octanol–water partition coefficient (Wildman–Crippen LogP) is 7.94. The fourth-order valence-corrected chi connectivity index (χ4v) is 7.95. The Bertz CT molecular complexity index is 2160. The quantitative estimate of drug-likeness (QED) is 0.122. The SMILES string of the molecule is Cc1cc(S(=O)(=O)NC(=O)c2ccc(N3CCN(Cc4ccccc4-c4ccc(Cl)cc4)CC3)cc2Oc2ccccc2)ccc1N(C)CCCN(C)C. The molecule has 1 N–H and O–H groups in total. The van der Waals surface area contributed by atoms with Crippen LogP contribution in [0.4, 0.5) is 11.4 Å². The van der Waals surface area contributed by atoms with Crippen LogP contribution in [0, 0.1) is 6.92 Å². The number of sulfonamides is 1. The third-order valence-corrected chi connectivity index (χ3v) is 11.3. The summed E-state index contributed by atoms with van der Waals surface area (Å²) in [5, 5.41) is 0.717. The van der Waals surface area contributed by atoms with Gasteiger partial charge < -0.3 is 19.4 Å². The van der Waals surface area contributed by atoms with E-state index in [0.29, 0.717) is 5.75 Å². The first-order valence-corrected chi connectivity index (χ1v) is 20.0. The van der Waals surface area contributed by atoms with E-state index in [1.54, 1.807) is 36.4 Å². The Morgan fingerprint density at radius 2 is 1.52 bits per heavy atom. The molecule has 1 aliphatic rings. The van der Waals surface area contributed by atoms with Crippen LogP contribution in [0.5, 0.6) is 11.5 Å². The average Bonchev–Trinajstić information content (AvgIpc) is 3.15. The maximum Gasteiger partial charge on any atom is 0.268 e. The number of halogens is 1. The number of nitrogens with one attached hydrogen (secondary N) is 1. The lowest BCUT2D eigenvalue weighted by Gasteiger charge is -2.36. The van der Waals surface area contributed by atoms with Gasteiger partial charge in [-0.1, -0.05) is 66.2 Å². The van der Waals surface area contributed by atoms with Crippen LogP contribution in [0.25, 0.3) is 11.1 Å². The molecule has 1 heterocycles. The Kier molecular flexibility index (Phi) is 12.6. The number of hydrogen-bond donors (Lipinski definition) is 1. The highest BCUT2D eigenvalue weighted by atomic mass is 35.5. The minimum absolute atomic E-state index is 0.0228. The number of aryl methyl sites for hydroxylation is 1. The molecule has 0 saturated carbocycles. The first-order chi connectivity index (χ1) is 26.0. The highest BCUT2D eigenvalue weighted by Gasteiger charge is 2.25. The number of rotatable bonds is 14. The Morgan fingerprint density at radius 3 is 2.22 bits per heavy atom. The van der Waals surface area contributed by atoms with Gasteiger partial charge in [-0.2, -0.15) is 0 Å². The van der Waals surface area contributed by atoms with Crippen molar-refractivity contribution >= 4 is 38.9 Å². The molecular formula is C43H48ClN5O4S. The van der Waals surface area contributed by atoms with Crippen LogP contribution in [0.1, 0.15) is 27.9 Å². The number of para-hydroxylation sites is 1. The zero-order valence-electron chi connectivity index (χ0n) is 31.3. The largest absolute Gasteiger partial charge is 0.456 e. The lowest BCUT2D eigenvalue weighted by atomic mass is 9.99. The highest BCUT2D eigenvalue weighted by Crippen LogP contribution is 2.32. The molecule has 0 spiro atoms. The monoisotopic (exact) mass is 765 g/mol. The van der Waals surface area contributed by atoms with E-state index in [4.69, 9.17) is 16.3 Å². The van der Waals surface area contributed by atoms with Crippen molar-refractivity contribution < 1.29 is 17.9 Å². The summed E-state index contributed by atoms with van der Waals surface area (Å²) in [6.07, 6.45) is 0.974. The summed E-state index contributed by atoms with van der Waals surface area (Å²) in [5.74, 6) is 0.0485. The summed E-state index contributed by atoms with van der Waals surface area (Å²) in [6, 6.07) is 35.9.